The first-order valence-electron chi connectivity index (χ1n) is 5.61. The Kier molecular flexibility index (Phi) is 5.32. The maximum atomic E-state index is 13.6. The Labute approximate surface area is 111 Å². The van der Waals surface area contributed by atoms with Crippen LogP contribution in [0.25, 0.3) is 0 Å². The van der Waals surface area contributed by atoms with Crippen LogP contribution >= 0.6 is 0 Å². The number of aliphatic hydroxyl groups is 1. The first-order valence-corrected chi connectivity index (χ1v) is 5.61. The van der Waals surface area contributed by atoms with Crippen LogP contribution in [0, 0.1) is 5.82 Å². The fraction of sp³-hybridized carbons (Fsp3) is 0.417. The number of ether oxygens (including phenoxy) is 2. The largest absolute Gasteiger partial charge is 0.573 e. The predicted octanol–water partition coefficient (Wildman–Crippen LogP) is 2.71. The summed E-state index contributed by atoms with van der Waals surface area (Å²) < 4.78 is 57.4. The third-order valence-corrected chi connectivity index (χ3v) is 2.23. The first kappa shape index (κ1) is 16.2. The SMILES string of the molecule is CCOC(=O)CC(O)c1ccc(OC(F)(F)F)cc1F. The van der Waals surface area contributed by atoms with Crippen LogP contribution in [-0.4, -0.2) is 24.0 Å². The number of esters is 1. The minimum Gasteiger partial charge on any atom is -0.466 e. The molecule has 112 valence electrons. The highest BCUT2D eigenvalue weighted by Gasteiger charge is 2.31. The van der Waals surface area contributed by atoms with Crippen LogP contribution in [-0.2, 0) is 9.53 Å². The van der Waals surface area contributed by atoms with Gasteiger partial charge < -0.3 is 14.6 Å². The number of carbonyl (C=O) groups excluding carboxylic acids is 1. The fourth-order valence-electron chi connectivity index (χ4n) is 1.46. The molecule has 1 unspecified atom stereocenters. The summed E-state index contributed by atoms with van der Waals surface area (Å²) in [6.07, 6.45) is -6.93. The average Bonchev–Trinajstić information content (AvgIpc) is 2.26. The predicted molar refractivity (Wildman–Crippen MR) is 59.3 cm³/mol. The molecule has 0 saturated heterocycles. The highest BCUT2D eigenvalue weighted by atomic mass is 19.4. The lowest BCUT2D eigenvalue weighted by Crippen LogP contribution is -2.17. The summed E-state index contributed by atoms with van der Waals surface area (Å²) >= 11 is 0. The van der Waals surface area contributed by atoms with Crippen molar-refractivity contribution in [3.05, 3.63) is 29.6 Å². The van der Waals surface area contributed by atoms with Gasteiger partial charge in [0.15, 0.2) is 0 Å². The highest BCUT2D eigenvalue weighted by molar-refractivity contribution is 5.70. The molecule has 0 spiro atoms. The molecule has 1 N–H and O–H groups in total. The number of hydrogen-bond donors (Lipinski definition) is 1. The second kappa shape index (κ2) is 6.56. The highest BCUT2D eigenvalue weighted by Crippen LogP contribution is 2.27. The minimum atomic E-state index is -4.93. The standard InChI is InChI=1S/C12H12F4O4/c1-2-19-11(18)6-10(17)8-4-3-7(5-9(8)13)20-12(14,15)16/h3-5,10,17H,2,6H2,1H3. The van der Waals surface area contributed by atoms with Gasteiger partial charge in [-0.05, 0) is 19.1 Å². The van der Waals surface area contributed by atoms with Crippen LogP contribution in [0.15, 0.2) is 18.2 Å². The summed E-state index contributed by atoms with van der Waals surface area (Å²) in [5.74, 6) is -2.60. The van der Waals surface area contributed by atoms with Crippen molar-refractivity contribution in [2.75, 3.05) is 6.61 Å². The minimum absolute atomic E-state index is 0.104. The van der Waals surface area contributed by atoms with Gasteiger partial charge in [-0.15, -0.1) is 13.2 Å². The van der Waals surface area contributed by atoms with E-state index in [-0.39, 0.29) is 12.2 Å². The van der Waals surface area contributed by atoms with E-state index in [4.69, 9.17) is 0 Å². The van der Waals surface area contributed by atoms with Gasteiger partial charge >= 0.3 is 12.3 Å². The molecule has 0 bridgehead atoms. The smallest absolute Gasteiger partial charge is 0.466 e. The molecule has 0 aliphatic carbocycles. The number of rotatable bonds is 5. The summed E-state index contributed by atoms with van der Waals surface area (Å²) in [7, 11) is 0. The van der Waals surface area contributed by atoms with Gasteiger partial charge in [-0.1, -0.05) is 0 Å². The number of alkyl halides is 3. The zero-order valence-corrected chi connectivity index (χ0v) is 10.4. The van der Waals surface area contributed by atoms with Gasteiger partial charge in [0, 0.05) is 11.6 Å². The zero-order chi connectivity index (χ0) is 15.3. The van der Waals surface area contributed by atoms with E-state index in [2.05, 4.69) is 9.47 Å². The van der Waals surface area contributed by atoms with E-state index in [0.29, 0.717) is 6.07 Å². The normalized spacial score (nSPS) is 12.9. The first-order chi connectivity index (χ1) is 9.23. The summed E-state index contributed by atoms with van der Waals surface area (Å²) in [4.78, 5) is 11.1. The van der Waals surface area contributed by atoms with E-state index in [9.17, 15) is 27.5 Å². The molecular formula is C12H12F4O4. The van der Waals surface area contributed by atoms with Crippen molar-refractivity contribution in [1.29, 1.82) is 0 Å². The molecule has 0 aliphatic heterocycles. The Balaban J connectivity index is 2.79. The lowest BCUT2D eigenvalue weighted by molar-refractivity contribution is -0.274. The van der Waals surface area contributed by atoms with Crippen molar-refractivity contribution >= 4 is 5.97 Å². The molecule has 0 fully saturated rings. The maximum Gasteiger partial charge on any atom is 0.573 e. The summed E-state index contributed by atoms with van der Waals surface area (Å²) in [6, 6.07) is 2.25. The van der Waals surface area contributed by atoms with Crippen molar-refractivity contribution in [2.45, 2.75) is 25.8 Å². The van der Waals surface area contributed by atoms with Crippen LogP contribution in [0.2, 0.25) is 0 Å². The molecule has 20 heavy (non-hydrogen) atoms. The third-order valence-electron chi connectivity index (χ3n) is 2.23. The molecule has 8 heteroatoms. The zero-order valence-electron chi connectivity index (χ0n) is 10.4. The molecule has 1 aromatic rings. The Hall–Kier alpha value is -1.83. The molecule has 0 saturated carbocycles. The molecule has 1 atom stereocenters. The van der Waals surface area contributed by atoms with E-state index in [1.807, 2.05) is 0 Å². The van der Waals surface area contributed by atoms with E-state index < -0.39 is 36.4 Å². The van der Waals surface area contributed by atoms with Crippen LogP contribution < -0.4 is 4.74 Å². The Morgan fingerprint density at radius 3 is 2.55 bits per heavy atom. The van der Waals surface area contributed by atoms with Crippen molar-refractivity contribution in [3.8, 4) is 5.75 Å². The Bertz CT molecular complexity index is 473. The van der Waals surface area contributed by atoms with Gasteiger partial charge in [0.2, 0.25) is 0 Å². The maximum absolute atomic E-state index is 13.6. The van der Waals surface area contributed by atoms with Crippen LogP contribution in [0.1, 0.15) is 25.0 Å². The van der Waals surface area contributed by atoms with Gasteiger partial charge in [-0.2, -0.15) is 0 Å². The number of benzene rings is 1. The molecule has 0 heterocycles. The topological polar surface area (TPSA) is 55.8 Å². The molecule has 0 radical (unpaired) electrons. The van der Waals surface area contributed by atoms with Gasteiger partial charge in [0.25, 0.3) is 0 Å². The number of hydrogen-bond acceptors (Lipinski definition) is 4. The quantitative estimate of drug-likeness (QED) is 0.670. The van der Waals surface area contributed by atoms with E-state index in [0.717, 1.165) is 12.1 Å². The second-order valence-corrected chi connectivity index (χ2v) is 3.76. The molecule has 0 aromatic heterocycles. The Morgan fingerprint density at radius 1 is 1.40 bits per heavy atom. The van der Waals surface area contributed by atoms with E-state index >= 15 is 0 Å². The summed E-state index contributed by atoms with van der Waals surface area (Å²) in [5, 5.41) is 9.62. The lowest BCUT2D eigenvalue weighted by atomic mass is 10.1. The van der Waals surface area contributed by atoms with Crippen molar-refractivity contribution < 1.29 is 36.9 Å². The van der Waals surface area contributed by atoms with E-state index in [1.165, 1.54) is 0 Å². The average molecular weight is 296 g/mol. The van der Waals surface area contributed by atoms with Crippen molar-refractivity contribution in [2.24, 2.45) is 0 Å². The fourth-order valence-corrected chi connectivity index (χ4v) is 1.46. The van der Waals surface area contributed by atoms with Gasteiger partial charge in [0.05, 0.1) is 19.1 Å². The van der Waals surface area contributed by atoms with Crippen LogP contribution in [0.5, 0.6) is 5.75 Å². The number of carbonyl (C=O) groups is 1. The van der Waals surface area contributed by atoms with Gasteiger partial charge in [-0.25, -0.2) is 4.39 Å². The molecule has 0 aliphatic rings. The Morgan fingerprint density at radius 2 is 2.05 bits per heavy atom. The third kappa shape index (κ3) is 5.04. The monoisotopic (exact) mass is 296 g/mol. The van der Waals surface area contributed by atoms with Gasteiger partial charge in [0.1, 0.15) is 11.6 Å². The van der Waals surface area contributed by atoms with Crippen molar-refractivity contribution in [3.63, 3.8) is 0 Å². The lowest BCUT2D eigenvalue weighted by Gasteiger charge is -2.13. The summed E-state index contributed by atoms with van der Waals surface area (Å²) in [5.41, 5.74) is -0.312. The molecular weight excluding hydrogens is 284 g/mol. The number of aliphatic hydroxyl groups excluding tert-OH is 1. The molecule has 0 amide bonds. The second-order valence-electron chi connectivity index (χ2n) is 3.76. The van der Waals surface area contributed by atoms with Crippen LogP contribution in [0.3, 0.4) is 0 Å². The van der Waals surface area contributed by atoms with Crippen molar-refractivity contribution in [1.82, 2.24) is 0 Å². The van der Waals surface area contributed by atoms with Gasteiger partial charge in [-0.3, -0.25) is 4.79 Å². The molecule has 1 aromatic carbocycles. The molecule has 1 rings (SSSR count). The van der Waals surface area contributed by atoms with E-state index in [1.54, 1.807) is 6.92 Å². The molecule has 4 nitrogen and oxygen atoms in total. The van der Waals surface area contributed by atoms with Crippen LogP contribution in [0.4, 0.5) is 17.6 Å². The number of halogens is 4. The summed E-state index contributed by atoms with van der Waals surface area (Å²) in [6.45, 7) is 1.67.